The van der Waals surface area contributed by atoms with Crippen molar-refractivity contribution in [3.8, 4) is 0 Å². The van der Waals surface area contributed by atoms with Crippen molar-refractivity contribution in [2.45, 2.75) is 25.4 Å². The number of rotatable bonds is 3. The highest BCUT2D eigenvalue weighted by molar-refractivity contribution is 5.92. The minimum atomic E-state index is -0.616. The molecule has 0 aliphatic carbocycles. The third-order valence-corrected chi connectivity index (χ3v) is 3.41. The molecule has 104 valence electrons. The second-order valence-corrected chi connectivity index (χ2v) is 5.33. The van der Waals surface area contributed by atoms with Gasteiger partial charge in [0.15, 0.2) is 0 Å². The number of carbonyl (C=O) groups is 1. The monoisotopic (exact) mass is 266 g/mol. The molecule has 0 radical (unpaired) electrons. The first-order valence-electron chi connectivity index (χ1n) is 6.45. The van der Waals surface area contributed by atoms with E-state index in [2.05, 4.69) is 5.32 Å². The fourth-order valence-corrected chi connectivity index (χ4v) is 2.16. The third kappa shape index (κ3) is 4.29. The smallest absolute Gasteiger partial charge is 0.238 e. The zero-order chi connectivity index (χ0) is 13.9. The summed E-state index contributed by atoms with van der Waals surface area (Å²) in [6.45, 7) is 3.48. The van der Waals surface area contributed by atoms with E-state index in [9.17, 15) is 14.3 Å². The number of piperidine rings is 1. The van der Waals surface area contributed by atoms with Crippen LogP contribution in [0.2, 0.25) is 0 Å². The van der Waals surface area contributed by atoms with E-state index in [1.54, 1.807) is 12.1 Å². The van der Waals surface area contributed by atoms with Crippen molar-refractivity contribution >= 4 is 11.6 Å². The van der Waals surface area contributed by atoms with Crippen LogP contribution in [0.5, 0.6) is 0 Å². The fourth-order valence-electron chi connectivity index (χ4n) is 2.16. The van der Waals surface area contributed by atoms with Crippen LogP contribution in [0, 0.1) is 5.82 Å². The zero-order valence-corrected chi connectivity index (χ0v) is 11.0. The molecule has 1 saturated heterocycles. The largest absolute Gasteiger partial charge is 0.390 e. The molecule has 19 heavy (non-hydrogen) atoms. The molecule has 0 spiro atoms. The topological polar surface area (TPSA) is 52.6 Å². The first kappa shape index (κ1) is 14.0. The number of nitrogens with one attached hydrogen (secondary N) is 1. The summed E-state index contributed by atoms with van der Waals surface area (Å²) in [5.74, 6) is -0.529. The number of anilines is 1. The standard InChI is InChI=1S/C14H19FN2O2/c1-14(19)5-7-17(8-6-14)10-13(18)16-12-4-2-3-11(15)9-12/h2-4,9,19H,5-8,10H2,1H3,(H,16,18). The molecule has 1 aromatic carbocycles. The zero-order valence-electron chi connectivity index (χ0n) is 11.0. The molecule has 1 amide bonds. The molecular weight excluding hydrogens is 247 g/mol. The van der Waals surface area contributed by atoms with Crippen LogP contribution < -0.4 is 5.32 Å². The predicted octanol–water partition coefficient (Wildman–Crippen LogP) is 1.61. The maximum Gasteiger partial charge on any atom is 0.238 e. The van der Waals surface area contributed by atoms with E-state index in [4.69, 9.17) is 0 Å². The van der Waals surface area contributed by atoms with Crippen LogP contribution in [0.25, 0.3) is 0 Å². The molecule has 0 atom stereocenters. The van der Waals surface area contributed by atoms with Crippen molar-refractivity contribution in [2.24, 2.45) is 0 Å². The first-order chi connectivity index (χ1) is 8.94. The summed E-state index contributed by atoms with van der Waals surface area (Å²) in [6, 6.07) is 5.84. The Balaban J connectivity index is 1.82. The molecule has 1 aliphatic rings. The van der Waals surface area contributed by atoms with Gasteiger partial charge < -0.3 is 10.4 Å². The molecule has 5 heteroatoms. The number of nitrogens with zero attached hydrogens (tertiary/aromatic N) is 1. The number of benzene rings is 1. The summed E-state index contributed by atoms with van der Waals surface area (Å²) in [4.78, 5) is 13.8. The Bertz CT molecular complexity index is 453. The Kier molecular flexibility index (Phi) is 4.17. The lowest BCUT2D eigenvalue weighted by molar-refractivity contribution is -0.118. The second-order valence-electron chi connectivity index (χ2n) is 5.33. The Morgan fingerprint density at radius 3 is 2.79 bits per heavy atom. The molecule has 0 aromatic heterocycles. The molecule has 2 rings (SSSR count). The van der Waals surface area contributed by atoms with Crippen LogP contribution in [0.3, 0.4) is 0 Å². The Labute approximate surface area is 112 Å². The third-order valence-electron chi connectivity index (χ3n) is 3.41. The SMILES string of the molecule is CC1(O)CCN(CC(=O)Nc2cccc(F)c2)CC1. The van der Waals surface area contributed by atoms with E-state index in [1.807, 2.05) is 11.8 Å². The Hall–Kier alpha value is -1.46. The van der Waals surface area contributed by atoms with Crippen LogP contribution >= 0.6 is 0 Å². The van der Waals surface area contributed by atoms with Gasteiger partial charge in [-0.05, 0) is 38.0 Å². The lowest BCUT2D eigenvalue weighted by Gasteiger charge is -2.35. The van der Waals surface area contributed by atoms with Crippen LogP contribution in [0.4, 0.5) is 10.1 Å². The lowest BCUT2D eigenvalue weighted by Crippen LogP contribution is -2.45. The molecule has 0 unspecified atom stereocenters. The number of hydrogen-bond donors (Lipinski definition) is 2. The van der Waals surface area contributed by atoms with Gasteiger partial charge in [0.2, 0.25) is 5.91 Å². The molecule has 0 bridgehead atoms. The van der Waals surface area contributed by atoms with Gasteiger partial charge in [-0.2, -0.15) is 0 Å². The van der Waals surface area contributed by atoms with E-state index < -0.39 is 5.60 Å². The molecule has 1 aromatic rings. The highest BCUT2D eigenvalue weighted by atomic mass is 19.1. The van der Waals surface area contributed by atoms with Gasteiger partial charge in [0.1, 0.15) is 5.82 Å². The first-order valence-corrected chi connectivity index (χ1v) is 6.45. The van der Waals surface area contributed by atoms with Crippen LogP contribution in [0.15, 0.2) is 24.3 Å². The number of aliphatic hydroxyl groups is 1. The normalized spacial score (nSPS) is 19.1. The van der Waals surface area contributed by atoms with Crippen molar-refractivity contribution < 1.29 is 14.3 Å². The van der Waals surface area contributed by atoms with Crippen LogP contribution in [-0.2, 0) is 4.79 Å². The maximum absolute atomic E-state index is 13.0. The van der Waals surface area contributed by atoms with Crippen molar-refractivity contribution in [3.05, 3.63) is 30.1 Å². The average Bonchev–Trinajstić information content (AvgIpc) is 2.32. The number of carbonyl (C=O) groups excluding carboxylic acids is 1. The van der Waals surface area contributed by atoms with Crippen molar-refractivity contribution in [3.63, 3.8) is 0 Å². The minimum Gasteiger partial charge on any atom is -0.390 e. The molecule has 1 aliphatic heterocycles. The van der Waals surface area contributed by atoms with Gasteiger partial charge in [0.25, 0.3) is 0 Å². The number of hydrogen-bond acceptors (Lipinski definition) is 3. The molecule has 4 nitrogen and oxygen atoms in total. The maximum atomic E-state index is 13.0. The summed E-state index contributed by atoms with van der Waals surface area (Å²) < 4.78 is 13.0. The molecule has 1 heterocycles. The van der Waals surface area contributed by atoms with E-state index in [0.717, 1.165) is 0 Å². The van der Waals surface area contributed by atoms with Gasteiger partial charge in [-0.15, -0.1) is 0 Å². The van der Waals surface area contributed by atoms with Gasteiger partial charge >= 0.3 is 0 Å². The summed E-state index contributed by atoms with van der Waals surface area (Å²) in [5.41, 5.74) is -0.149. The van der Waals surface area contributed by atoms with Gasteiger partial charge in [-0.25, -0.2) is 4.39 Å². The Morgan fingerprint density at radius 2 is 2.16 bits per heavy atom. The lowest BCUT2D eigenvalue weighted by atomic mass is 9.94. The minimum absolute atomic E-state index is 0.160. The van der Waals surface area contributed by atoms with E-state index >= 15 is 0 Å². The highest BCUT2D eigenvalue weighted by Crippen LogP contribution is 2.20. The van der Waals surface area contributed by atoms with Crippen molar-refractivity contribution in [1.29, 1.82) is 0 Å². The summed E-state index contributed by atoms with van der Waals surface area (Å²) in [5, 5.41) is 12.5. The Morgan fingerprint density at radius 1 is 1.47 bits per heavy atom. The van der Waals surface area contributed by atoms with Crippen molar-refractivity contribution in [2.75, 3.05) is 25.0 Å². The van der Waals surface area contributed by atoms with Gasteiger partial charge in [-0.1, -0.05) is 6.07 Å². The average molecular weight is 266 g/mol. The number of amides is 1. The molecular formula is C14H19FN2O2. The van der Waals surface area contributed by atoms with E-state index in [0.29, 0.717) is 31.6 Å². The van der Waals surface area contributed by atoms with Gasteiger partial charge in [-0.3, -0.25) is 9.69 Å². The number of halogens is 1. The highest BCUT2D eigenvalue weighted by Gasteiger charge is 2.27. The van der Waals surface area contributed by atoms with Gasteiger partial charge in [0.05, 0.1) is 12.1 Å². The predicted molar refractivity (Wildman–Crippen MR) is 71.3 cm³/mol. The molecule has 0 saturated carbocycles. The van der Waals surface area contributed by atoms with Crippen LogP contribution in [0.1, 0.15) is 19.8 Å². The summed E-state index contributed by atoms with van der Waals surface area (Å²) in [7, 11) is 0. The second kappa shape index (κ2) is 5.67. The fraction of sp³-hybridized carbons (Fsp3) is 0.500. The molecule has 1 fully saturated rings. The van der Waals surface area contributed by atoms with E-state index in [1.165, 1.54) is 12.1 Å². The summed E-state index contributed by atoms with van der Waals surface area (Å²) >= 11 is 0. The summed E-state index contributed by atoms with van der Waals surface area (Å²) in [6.07, 6.45) is 1.33. The number of likely N-dealkylation sites (tertiary alicyclic amines) is 1. The van der Waals surface area contributed by atoms with Crippen molar-refractivity contribution in [1.82, 2.24) is 4.90 Å². The quantitative estimate of drug-likeness (QED) is 0.874. The van der Waals surface area contributed by atoms with E-state index in [-0.39, 0.29) is 18.3 Å². The molecule has 2 N–H and O–H groups in total. The van der Waals surface area contributed by atoms with Gasteiger partial charge in [0, 0.05) is 18.8 Å². The van der Waals surface area contributed by atoms with Crippen LogP contribution in [-0.4, -0.2) is 41.1 Å².